The molecule has 0 spiro atoms. The topological polar surface area (TPSA) is 55.2 Å². The molecule has 0 unspecified atom stereocenters. The number of benzene rings is 1. The van der Waals surface area contributed by atoms with Gasteiger partial charge in [-0.15, -0.1) is 0 Å². The highest BCUT2D eigenvalue weighted by atomic mass is 32.1. The van der Waals surface area contributed by atoms with E-state index >= 15 is 0 Å². The van der Waals surface area contributed by atoms with Crippen LogP contribution in [0.3, 0.4) is 0 Å². The summed E-state index contributed by atoms with van der Waals surface area (Å²) in [6, 6.07) is 5.55. The van der Waals surface area contributed by atoms with Crippen LogP contribution in [-0.2, 0) is 4.74 Å². The second-order valence-corrected chi connectivity index (χ2v) is 3.82. The summed E-state index contributed by atoms with van der Waals surface area (Å²) in [4.78, 5) is 14.4. The first kappa shape index (κ1) is 12.5. The van der Waals surface area contributed by atoms with E-state index in [1.165, 1.54) is 24.3 Å². The van der Waals surface area contributed by atoms with Crippen LogP contribution in [0.5, 0.6) is 0 Å². The second kappa shape index (κ2) is 5.14. The molecule has 0 bridgehead atoms. The number of hydrogen-bond donors (Lipinski definition) is 1. The van der Waals surface area contributed by atoms with E-state index in [0.717, 1.165) is 0 Å². The van der Waals surface area contributed by atoms with E-state index < -0.39 is 5.97 Å². The molecule has 18 heavy (non-hydrogen) atoms. The van der Waals surface area contributed by atoms with Crippen molar-refractivity contribution in [2.24, 2.45) is 0 Å². The Labute approximate surface area is 107 Å². The second-order valence-electron chi connectivity index (χ2n) is 3.45. The zero-order valence-electron chi connectivity index (χ0n) is 9.53. The van der Waals surface area contributed by atoms with Crippen LogP contribution in [0.25, 0.3) is 11.3 Å². The highest BCUT2D eigenvalue weighted by Crippen LogP contribution is 2.24. The molecule has 0 aliphatic carbocycles. The summed E-state index contributed by atoms with van der Waals surface area (Å²) in [5, 5.41) is 0. The molecule has 1 heterocycles. The third kappa shape index (κ3) is 2.48. The Morgan fingerprint density at radius 2 is 2.11 bits per heavy atom. The van der Waals surface area contributed by atoms with Gasteiger partial charge in [-0.1, -0.05) is 0 Å². The molecular weight excluding hydrogens is 257 g/mol. The maximum atomic E-state index is 12.8. The van der Waals surface area contributed by atoms with E-state index in [0.29, 0.717) is 5.56 Å². The molecular formula is C12H10FNO3S. The molecule has 0 aliphatic rings. The van der Waals surface area contributed by atoms with Gasteiger partial charge in [0, 0.05) is 5.56 Å². The van der Waals surface area contributed by atoms with Crippen molar-refractivity contribution in [3.63, 3.8) is 0 Å². The largest absolute Gasteiger partial charge is 0.461 e. The van der Waals surface area contributed by atoms with E-state index in [1.54, 1.807) is 6.92 Å². The normalized spacial score (nSPS) is 10.3. The lowest BCUT2D eigenvalue weighted by Crippen LogP contribution is -2.06. The lowest BCUT2D eigenvalue weighted by Gasteiger charge is -2.01. The van der Waals surface area contributed by atoms with Crippen LogP contribution in [0, 0.1) is 10.7 Å². The van der Waals surface area contributed by atoms with E-state index in [1.807, 2.05) is 0 Å². The van der Waals surface area contributed by atoms with Crippen LogP contribution < -0.4 is 0 Å². The Bertz CT molecular complexity index is 615. The van der Waals surface area contributed by atoms with E-state index in [9.17, 15) is 9.18 Å². The van der Waals surface area contributed by atoms with Crippen molar-refractivity contribution in [2.75, 3.05) is 6.61 Å². The van der Waals surface area contributed by atoms with E-state index in [2.05, 4.69) is 4.98 Å². The lowest BCUT2D eigenvalue weighted by molar-refractivity contribution is 0.0520. The SMILES string of the molecule is CCOC(=O)c1[nH]c(=S)oc1-c1ccc(F)cc1. The average Bonchev–Trinajstić information content (AvgIpc) is 2.73. The molecule has 0 fully saturated rings. The first-order chi connectivity index (χ1) is 8.61. The van der Waals surface area contributed by atoms with Crippen LogP contribution >= 0.6 is 12.2 Å². The van der Waals surface area contributed by atoms with Crippen molar-refractivity contribution < 1.29 is 18.3 Å². The number of carbonyl (C=O) groups is 1. The van der Waals surface area contributed by atoms with Gasteiger partial charge in [-0.25, -0.2) is 9.18 Å². The van der Waals surface area contributed by atoms with E-state index in [-0.39, 0.29) is 28.7 Å². The van der Waals surface area contributed by atoms with Gasteiger partial charge in [0.25, 0.3) is 4.84 Å². The van der Waals surface area contributed by atoms with Gasteiger partial charge in [-0.05, 0) is 43.4 Å². The number of ether oxygens (including phenoxy) is 1. The molecule has 1 aromatic carbocycles. The Balaban J connectivity index is 2.47. The Hall–Kier alpha value is -1.95. The monoisotopic (exact) mass is 267 g/mol. The van der Waals surface area contributed by atoms with Gasteiger partial charge in [-0.3, -0.25) is 0 Å². The summed E-state index contributed by atoms with van der Waals surface area (Å²) in [6.45, 7) is 1.94. The van der Waals surface area contributed by atoms with Crippen LogP contribution in [0.1, 0.15) is 17.4 Å². The van der Waals surface area contributed by atoms with Crippen LogP contribution in [-0.4, -0.2) is 17.6 Å². The Kier molecular flexibility index (Phi) is 3.57. The average molecular weight is 267 g/mol. The quantitative estimate of drug-likeness (QED) is 0.684. The smallest absolute Gasteiger partial charge is 0.358 e. The summed E-state index contributed by atoms with van der Waals surface area (Å²) in [7, 11) is 0. The molecule has 0 amide bonds. The summed E-state index contributed by atoms with van der Waals surface area (Å²) in [5.41, 5.74) is 0.681. The predicted molar refractivity (Wildman–Crippen MR) is 65.2 cm³/mol. The van der Waals surface area contributed by atoms with Crippen molar-refractivity contribution in [1.82, 2.24) is 4.98 Å². The van der Waals surface area contributed by atoms with Gasteiger partial charge >= 0.3 is 5.97 Å². The number of rotatable bonds is 3. The Morgan fingerprint density at radius 3 is 2.72 bits per heavy atom. The molecule has 94 valence electrons. The van der Waals surface area contributed by atoms with Gasteiger partial charge in [0.2, 0.25) is 0 Å². The van der Waals surface area contributed by atoms with Crippen molar-refractivity contribution >= 4 is 18.2 Å². The molecule has 0 saturated carbocycles. The highest BCUT2D eigenvalue weighted by Gasteiger charge is 2.19. The van der Waals surface area contributed by atoms with Gasteiger partial charge in [0.05, 0.1) is 6.61 Å². The lowest BCUT2D eigenvalue weighted by atomic mass is 10.1. The number of H-pyrrole nitrogens is 1. The van der Waals surface area contributed by atoms with Crippen molar-refractivity contribution in [3.05, 3.63) is 40.6 Å². The number of oxazole rings is 1. The number of aromatic amines is 1. The zero-order chi connectivity index (χ0) is 13.1. The minimum Gasteiger partial charge on any atom is -0.461 e. The van der Waals surface area contributed by atoms with Crippen LogP contribution in [0.4, 0.5) is 4.39 Å². The van der Waals surface area contributed by atoms with Crippen molar-refractivity contribution in [1.29, 1.82) is 0 Å². The number of aromatic nitrogens is 1. The number of nitrogens with one attached hydrogen (secondary N) is 1. The van der Waals surface area contributed by atoms with Gasteiger partial charge in [-0.2, -0.15) is 0 Å². The third-order valence-corrected chi connectivity index (χ3v) is 2.42. The van der Waals surface area contributed by atoms with Crippen molar-refractivity contribution in [3.8, 4) is 11.3 Å². The summed E-state index contributed by atoms with van der Waals surface area (Å²) in [5.74, 6) is -0.680. The molecule has 0 atom stereocenters. The molecule has 4 nitrogen and oxygen atoms in total. The summed E-state index contributed by atoms with van der Waals surface area (Å²) in [6.07, 6.45) is 0. The maximum absolute atomic E-state index is 12.8. The zero-order valence-corrected chi connectivity index (χ0v) is 10.3. The number of hydrogen-bond acceptors (Lipinski definition) is 4. The van der Waals surface area contributed by atoms with Gasteiger partial charge in [0.1, 0.15) is 5.82 Å². The fourth-order valence-electron chi connectivity index (χ4n) is 1.48. The van der Waals surface area contributed by atoms with E-state index in [4.69, 9.17) is 21.4 Å². The van der Waals surface area contributed by atoms with Gasteiger partial charge < -0.3 is 14.1 Å². The Morgan fingerprint density at radius 1 is 1.44 bits per heavy atom. The fourth-order valence-corrected chi connectivity index (χ4v) is 1.66. The number of halogens is 1. The summed E-state index contributed by atoms with van der Waals surface area (Å²) >= 11 is 4.85. The van der Waals surface area contributed by atoms with Crippen LogP contribution in [0.2, 0.25) is 0 Å². The predicted octanol–water partition coefficient (Wildman–Crippen LogP) is 3.32. The number of carbonyl (C=O) groups excluding carboxylic acids is 1. The van der Waals surface area contributed by atoms with Crippen molar-refractivity contribution in [2.45, 2.75) is 6.92 Å². The summed E-state index contributed by atoms with van der Waals surface area (Å²) < 4.78 is 23.0. The molecule has 6 heteroatoms. The fraction of sp³-hybridized carbons (Fsp3) is 0.167. The molecule has 0 aliphatic heterocycles. The first-order valence-corrected chi connectivity index (χ1v) is 5.69. The molecule has 2 aromatic rings. The minimum atomic E-state index is -0.559. The molecule has 0 saturated heterocycles. The van der Waals surface area contributed by atoms with Gasteiger partial charge in [0.15, 0.2) is 11.5 Å². The first-order valence-electron chi connectivity index (χ1n) is 5.28. The third-order valence-electron chi connectivity index (χ3n) is 2.23. The minimum absolute atomic E-state index is 0.0670. The molecule has 0 radical (unpaired) electrons. The molecule has 1 aromatic heterocycles. The number of esters is 1. The molecule has 2 rings (SSSR count). The maximum Gasteiger partial charge on any atom is 0.358 e. The highest BCUT2D eigenvalue weighted by molar-refractivity contribution is 7.71. The standard InChI is InChI=1S/C12H10FNO3S/c1-2-16-11(15)9-10(17-12(18)14-9)7-3-5-8(13)6-4-7/h3-6H,2H2,1H3,(H,14,18). The van der Waals surface area contributed by atoms with Crippen LogP contribution in [0.15, 0.2) is 28.7 Å². The molecule has 1 N–H and O–H groups in total.